The zero-order valence-corrected chi connectivity index (χ0v) is 54.9. The van der Waals surface area contributed by atoms with Gasteiger partial charge >= 0.3 is 0 Å². The van der Waals surface area contributed by atoms with Crippen molar-refractivity contribution in [2.24, 2.45) is 10.7 Å². The van der Waals surface area contributed by atoms with Crippen molar-refractivity contribution < 1.29 is 35.8 Å². The number of rotatable bonds is 19. The first-order valence-electron chi connectivity index (χ1n) is 30.7. The van der Waals surface area contributed by atoms with Crippen LogP contribution in [0.5, 0.6) is 0 Å². The van der Waals surface area contributed by atoms with Crippen LogP contribution in [-0.4, -0.2) is 65.5 Å². The molecule has 0 spiro atoms. The molecule has 8 aromatic carbocycles. The molecule has 448 valence electrons. The third kappa shape index (κ3) is 21.8. The number of allylic oxidation sites excluding steroid dienone is 1. The SMILES string of the molecule is BrC/C=C/c1ccccc1.C1CCOC1.CC(=O)[C@](N)(C/C=C/c1ccccc1)Cc1ccccc1.CCC=NC(Cc1ccccc1)C(C)=O.CCCC[N+]1(CCCC)Cc2c(C)cc3ccccc3c2-c2c(c(C)cc3ccccc23)C1.[Br-]. The Morgan fingerprint density at radius 3 is 1.47 bits per heavy atom. The van der Waals surface area contributed by atoms with Crippen LogP contribution in [0.25, 0.3) is 44.8 Å². The lowest BCUT2D eigenvalue weighted by molar-refractivity contribution is -0.953. The molecule has 0 aliphatic carbocycles. The van der Waals surface area contributed by atoms with E-state index in [4.69, 9.17) is 10.5 Å². The van der Waals surface area contributed by atoms with Gasteiger partial charge in [-0.2, -0.15) is 0 Å². The standard InChI is InChI=1S/C32H38N.C19H21NO.C13H17NO.C9H9Br.C4H8O.BrH/c1-5-7-17-33(18-8-6-2)21-29-23(3)19-25-13-9-11-15-27(25)31(29)32-28-16-12-10-14-26(28)20-24(4)30(32)22-33;1-16(21)19(20,15-18-11-6-3-7-12-18)14-8-13-17-9-4-2-5-10-17;1-3-9-14-13(11(2)15)10-12-7-5-4-6-8-12;10-8-4-7-9-5-2-1-3-6-9;1-2-4-5-3-1;/h9-16,19-20H,5-8,17-18,21-22H2,1-4H3;2-13H,14-15,20H2,1H3;4-9,13H,3,10H2,1-2H3;1-7H,8H2;1-4H2;1H/q+1;;;;;/p-1/b;13-8+;;7-4+;;/t;19-;;;;/m.0..../s1. The number of Topliss-reactive ketones (excluding diaryl/α,β-unsaturated/α-hetero) is 2. The molecule has 1 saturated heterocycles. The van der Waals surface area contributed by atoms with Crippen molar-refractivity contribution in [3.05, 3.63) is 239 Å². The second-order valence-corrected chi connectivity index (χ2v) is 23.2. The Bertz CT molecular complexity index is 3230. The molecular formula is C77H93Br2N3O3. The molecule has 0 amide bonds. The molecule has 2 atom stereocenters. The third-order valence-corrected chi connectivity index (χ3v) is 16.2. The summed E-state index contributed by atoms with van der Waals surface area (Å²) in [4.78, 5) is 27.6. The first-order chi connectivity index (χ1) is 40.8. The van der Waals surface area contributed by atoms with Crippen molar-refractivity contribution >= 4 is 67.4 Å². The van der Waals surface area contributed by atoms with Gasteiger partial charge in [-0.05, 0) is 145 Å². The number of benzene rings is 8. The monoisotopic (exact) mass is 1270 g/mol. The molecule has 8 aromatic rings. The van der Waals surface area contributed by atoms with E-state index in [1.54, 1.807) is 25.0 Å². The lowest BCUT2D eigenvalue weighted by atomic mass is 9.85. The van der Waals surface area contributed by atoms with E-state index >= 15 is 0 Å². The van der Waals surface area contributed by atoms with E-state index in [1.165, 1.54) is 105 Å². The van der Waals surface area contributed by atoms with Crippen molar-refractivity contribution in [2.45, 2.75) is 137 Å². The van der Waals surface area contributed by atoms with Crippen LogP contribution in [0.4, 0.5) is 0 Å². The number of hydrogen-bond acceptors (Lipinski definition) is 5. The van der Waals surface area contributed by atoms with Crippen LogP contribution in [0, 0.1) is 13.8 Å². The fraction of sp³-hybridized carbons (Fsp3) is 0.338. The number of quaternary nitrogens is 1. The first-order valence-corrected chi connectivity index (χ1v) is 31.8. The van der Waals surface area contributed by atoms with E-state index in [0.29, 0.717) is 19.3 Å². The largest absolute Gasteiger partial charge is 1.00 e. The zero-order valence-electron chi connectivity index (χ0n) is 51.8. The summed E-state index contributed by atoms with van der Waals surface area (Å²) in [6, 6.07) is 62.9. The molecule has 0 bridgehead atoms. The molecule has 1 fully saturated rings. The maximum absolute atomic E-state index is 12.0. The number of aryl methyl sites for hydroxylation is 2. The van der Waals surface area contributed by atoms with E-state index in [2.05, 4.69) is 134 Å². The molecule has 6 nitrogen and oxygen atoms in total. The number of carbonyl (C=O) groups excluding carboxylic acids is 2. The Kier molecular flexibility index (Phi) is 30.4. The average Bonchev–Trinajstić information content (AvgIpc) is 1.77. The molecule has 0 radical (unpaired) electrons. The van der Waals surface area contributed by atoms with Gasteiger partial charge in [0.25, 0.3) is 0 Å². The highest BCUT2D eigenvalue weighted by Gasteiger charge is 2.36. The van der Waals surface area contributed by atoms with Gasteiger partial charge in [0.15, 0.2) is 5.78 Å². The van der Waals surface area contributed by atoms with Crippen molar-refractivity contribution in [1.29, 1.82) is 0 Å². The molecule has 0 aromatic heterocycles. The van der Waals surface area contributed by atoms with E-state index in [0.717, 1.165) is 54.7 Å². The Balaban J connectivity index is 0.000000217. The molecule has 85 heavy (non-hydrogen) atoms. The number of halogens is 2. The number of fused-ring (bicyclic) bond motifs is 7. The predicted molar refractivity (Wildman–Crippen MR) is 364 cm³/mol. The van der Waals surface area contributed by atoms with Crippen LogP contribution < -0.4 is 22.7 Å². The second kappa shape index (κ2) is 37.2. The Morgan fingerprint density at radius 2 is 1.06 bits per heavy atom. The van der Waals surface area contributed by atoms with E-state index in [1.807, 2.05) is 134 Å². The first kappa shape index (κ1) is 69.4. The molecule has 1 unspecified atom stereocenters. The summed E-state index contributed by atoms with van der Waals surface area (Å²) >= 11 is 3.32. The third-order valence-electron chi connectivity index (χ3n) is 15.9. The normalized spacial score (nSPS) is 14.1. The zero-order chi connectivity index (χ0) is 60.0. The van der Waals surface area contributed by atoms with Crippen LogP contribution in [0.2, 0.25) is 0 Å². The Morgan fingerprint density at radius 1 is 0.624 bits per heavy atom. The Hall–Kier alpha value is -6.39. The molecular weight excluding hydrogens is 1170 g/mol. The maximum atomic E-state index is 12.0. The van der Waals surface area contributed by atoms with Crippen molar-refractivity contribution in [3.8, 4) is 11.1 Å². The number of unbranched alkanes of at least 4 members (excludes halogenated alkanes) is 2. The van der Waals surface area contributed by atoms with Gasteiger partial charge in [-0.1, -0.05) is 256 Å². The summed E-state index contributed by atoms with van der Waals surface area (Å²) in [5, 5.41) is 6.49. The fourth-order valence-corrected chi connectivity index (χ4v) is 11.3. The van der Waals surface area contributed by atoms with Crippen LogP contribution >= 0.6 is 15.9 Å². The van der Waals surface area contributed by atoms with Crippen LogP contribution in [-0.2, 0) is 40.3 Å². The summed E-state index contributed by atoms with van der Waals surface area (Å²) in [5.74, 6) is 0.146. The number of nitrogens with zero attached hydrogens (tertiary/aromatic N) is 2. The lowest BCUT2D eigenvalue weighted by Crippen LogP contribution is -3.00. The number of aliphatic imine (C=N–C) groups is 1. The Labute approximate surface area is 529 Å². The van der Waals surface area contributed by atoms with Crippen molar-refractivity contribution in [1.82, 2.24) is 0 Å². The number of nitrogens with two attached hydrogens (primary N) is 1. The van der Waals surface area contributed by atoms with Gasteiger partial charge in [-0.25, -0.2) is 0 Å². The van der Waals surface area contributed by atoms with Gasteiger partial charge < -0.3 is 31.9 Å². The highest BCUT2D eigenvalue weighted by molar-refractivity contribution is 9.09. The van der Waals surface area contributed by atoms with Crippen LogP contribution in [0.15, 0.2) is 199 Å². The minimum atomic E-state index is -0.841. The average molecular weight is 1270 g/mol. The topological polar surface area (TPSA) is 81.8 Å². The maximum Gasteiger partial charge on any atom is 0.154 e. The van der Waals surface area contributed by atoms with Gasteiger partial charge in [0, 0.05) is 36.1 Å². The molecule has 2 aliphatic rings. The van der Waals surface area contributed by atoms with Gasteiger partial charge in [-0.15, -0.1) is 0 Å². The summed E-state index contributed by atoms with van der Waals surface area (Å²) in [6.07, 6.45) is 20.3. The summed E-state index contributed by atoms with van der Waals surface area (Å²) in [6.45, 7) is 21.4. The highest BCUT2D eigenvalue weighted by Crippen LogP contribution is 2.46. The molecule has 10 rings (SSSR count). The van der Waals surface area contributed by atoms with Gasteiger partial charge in [-0.3, -0.25) is 14.6 Å². The predicted octanol–water partition coefficient (Wildman–Crippen LogP) is 15.9. The lowest BCUT2D eigenvalue weighted by Gasteiger charge is -2.39. The number of carbonyl (C=O) groups is 2. The number of alkyl halides is 1. The fourth-order valence-electron chi connectivity index (χ4n) is 11.1. The highest BCUT2D eigenvalue weighted by atomic mass is 79.9. The summed E-state index contributed by atoms with van der Waals surface area (Å²) in [5.41, 5.74) is 19.2. The van der Waals surface area contributed by atoms with Gasteiger partial charge in [0.2, 0.25) is 0 Å². The summed E-state index contributed by atoms with van der Waals surface area (Å²) in [7, 11) is 0. The van der Waals surface area contributed by atoms with Crippen molar-refractivity contribution in [3.63, 3.8) is 0 Å². The number of hydrogen-bond donors (Lipinski definition) is 1. The summed E-state index contributed by atoms with van der Waals surface area (Å²) < 4.78 is 6.14. The van der Waals surface area contributed by atoms with Gasteiger partial charge in [0.1, 0.15) is 24.9 Å². The van der Waals surface area contributed by atoms with E-state index in [-0.39, 0.29) is 34.6 Å². The van der Waals surface area contributed by atoms with Crippen molar-refractivity contribution in [2.75, 3.05) is 31.6 Å². The minimum absolute atomic E-state index is 0. The molecule has 8 heteroatoms. The molecule has 2 heterocycles. The van der Waals surface area contributed by atoms with Gasteiger partial charge in [0.05, 0.1) is 18.6 Å². The van der Waals surface area contributed by atoms with E-state index in [9.17, 15) is 9.59 Å². The van der Waals surface area contributed by atoms with Crippen LogP contribution in [0.3, 0.4) is 0 Å². The number of ether oxygens (including phenoxy) is 1. The number of ketones is 2. The quantitative estimate of drug-likeness (QED) is 0.0497. The molecule has 2 aliphatic heterocycles. The minimum Gasteiger partial charge on any atom is -1.00 e. The smallest absolute Gasteiger partial charge is 0.154 e. The molecule has 0 saturated carbocycles. The molecule has 2 N–H and O–H groups in total. The van der Waals surface area contributed by atoms with E-state index < -0.39 is 5.54 Å². The van der Waals surface area contributed by atoms with Crippen LogP contribution in [0.1, 0.15) is 130 Å². The second-order valence-electron chi connectivity index (χ2n) is 22.6.